The zero-order chi connectivity index (χ0) is 18.6. The normalized spacial score (nSPS) is 20.5. The van der Waals surface area contributed by atoms with Gasteiger partial charge in [-0.3, -0.25) is 9.69 Å². The van der Waals surface area contributed by atoms with Gasteiger partial charge in [0.05, 0.1) is 11.6 Å². The van der Waals surface area contributed by atoms with Crippen LogP contribution in [0.4, 0.5) is 0 Å². The first-order valence-electron chi connectivity index (χ1n) is 8.84. The van der Waals surface area contributed by atoms with Crippen LogP contribution in [-0.4, -0.2) is 42.6 Å². The van der Waals surface area contributed by atoms with Crippen molar-refractivity contribution in [2.75, 3.05) is 20.2 Å². The van der Waals surface area contributed by atoms with E-state index in [4.69, 9.17) is 10.00 Å². The highest BCUT2D eigenvalue weighted by Crippen LogP contribution is 2.26. The van der Waals surface area contributed by atoms with Crippen LogP contribution in [0.15, 0.2) is 24.3 Å². The molecule has 6 heteroatoms. The maximum atomic E-state index is 12.5. The molecule has 1 aromatic rings. The van der Waals surface area contributed by atoms with E-state index in [1.807, 2.05) is 24.3 Å². The second kappa shape index (κ2) is 9.36. The molecule has 1 aromatic carbocycles. The molecule has 1 amide bonds. The van der Waals surface area contributed by atoms with Crippen molar-refractivity contribution in [3.63, 3.8) is 0 Å². The Morgan fingerprint density at radius 2 is 1.96 bits per heavy atom. The van der Waals surface area contributed by atoms with Crippen molar-refractivity contribution >= 4 is 18.3 Å². The number of hydrogen-bond donors (Lipinski definition) is 1. The average Bonchev–Trinajstić information content (AvgIpc) is 2.98. The van der Waals surface area contributed by atoms with Gasteiger partial charge in [-0.15, -0.1) is 12.4 Å². The Kier molecular flexibility index (Phi) is 8.08. The van der Waals surface area contributed by atoms with Gasteiger partial charge in [-0.25, -0.2) is 0 Å². The summed E-state index contributed by atoms with van der Waals surface area (Å²) in [4.78, 5) is 14.8. The number of hydrogen-bond acceptors (Lipinski definition) is 4. The molecule has 1 aliphatic rings. The lowest BCUT2D eigenvalue weighted by Gasteiger charge is -2.28. The highest BCUT2D eigenvalue weighted by molar-refractivity contribution is 5.85. The minimum atomic E-state index is -0.817. The second-order valence-electron chi connectivity index (χ2n) is 7.71. The molecule has 1 aliphatic heterocycles. The quantitative estimate of drug-likeness (QED) is 0.825. The fourth-order valence-electron chi connectivity index (χ4n) is 3.25. The van der Waals surface area contributed by atoms with Crippen LogP contribution in [0.25, 0.3) is 0 Å². The molecule has 1 heterocycles. The van der Waals surface area contributed by atoms with Gasteiger partial charge in [-0.05, 0) is 43.4 Å². The van der Waals surface area contributed by atoms with Crippen molar-refractivity contribution in [3.8, 4) is 6.07 Å². The van der Waals surface area contributed by atoms with E-state index in [-0.39, 0.29) is 24.4 Å². The smallest absolute Gasteiger partial charge is 0.251 e. The molecule has 0 radical (unpaired) electrons. The van der Waals surface area contributed by atoms with Gasteiger partial charge in [0.2, 0.25) is 0 Å². The summed E-state index contributed by atoms with van der Waals surface area (Å²) in [5, 5.41) is 12.1. The predicted molar refractivity (Wildman–Crippen MR) is 105 cm³/mol. The Bertz CT molecular complexity index is 637. The minimum absolute atomic E-state index is 0. The second-order valence-corrected chi connectivity index (χ2v) is 7.71. The van der Waals surface area contributed by atoms with Crippen molar-refractivity contribution in [3.05, 3.63) is 35.4 Å². The number of nitrogens with one attached hydrogen (secondary N) is 1. The third kappa shape index (κ3) is 5.44. The zero-order valence-electron chi connectivity index (χ0n) is 16.3. The van der Waals surface area contributed by atoms with Crippen LogP contribution in [0.5, 0.6) is 0 Å². The number of amides is 1. The first-order valence-corrected chi connectivity index (χ1v) is 8.84. The predicted octanol–water partition coefficient (Wildman–Crippen LogP) is 2.98. The van der Waals surface area contributed by atoms with Crippen molar-refractivity contribution in [2.45, 2.75) is 45.9 Å². The Labute approximate surface area is 163 Å². The maximum absolute atomic E-state index is 12.5. The molecule has 26 heavy (non-hydrogen) atoms. The molecule has 0 aliphatic carbocycles. The van der Waals surface area contributed by atoms with E-state index in [0.29, 0.717) is 17.4 Å². The molecular formula is C20H30ClN3O2. The molecule has 0 spiro atoms. The van der Waals surface area contributed by atoms with Gasteiger partial charge in [0.1, 0.15) is 5.60 Å². The molecule has 1 saturated heterocycles. The number of ether oxygens (including phenoxy) is 1. The van der Waals surface area contributed by atoms with Crippen LogP contribution in [0.3, 0.4) is 0 Å². The van der Waals surface area contributed by atoms with Crippen LogP contribution in [0.2, 0.25) is 0 Å². The number of methoxy groups -OCH3 is 1. The number of carbonyl (C=O) groups is 1. The van der Waals surface area contributed by atoms with Crippen LogP contribution in [0.1, 0.15) is 38.8 Å². The van der Waals surface area contributed by atoms with Crippen LogP contribution < -0.4 is 5.32 Å². The van der Waals surface area contributed by atoms with Crippen molar-refractivity contribution < 1.29 is 9.53 Å². The summed E-state index contributed by atoms with van der Waals surface area (Å²) in [7, 11) is 1.56. The lowest BCUT2D eigenvalue weighted by atomic mass is 9.91. The number of rotatable bonds is 6. The highest BCUT2D eigenvalue weighted by Gasteiger charge is 2.38. The van der Waals surface area contributed by atoms with E-state index in [9.17, 15) is 4.79 Å². The molecule has 1 N–H and O–H groups in total. The zero-order valence-corrected chi connectivity index (χ0v) is 17.1. The topological polar surface area (TPSA) is 65.4 Å². The molecule has 2 rings (SSSR count). The fraction of sp³-hybridized carbons (Fsp3) is 0.600. The molecule has 0 unspecified atom stereocenters. The van der Waals surface area contributed by atoms with Gasteiger partial charge in [0.15, 0.2) is 0 Å². The lowest BCUT2D eigenvalue weighted by molar-refractivity contribution is -0.140. The third-order valence-corrected chi connectivity index (χ3v) is 5.16. The van der Waals surface area contributed by atoms with Crippen LogP contribution in [-0.2, 0) is 16.1 Å². The molecular weight excluding hydrogens is 350 g/mol. The van der Waals surface area contributed by atoms with E-state index in [1.54, 1.807) is 21.0 Å². The summed E-state index contributed by atoms with van der Waals surface area (Å²) < 4.78 is 5.30. The maximum Gasteiger partial charge on any atom is 0.251 e. The molecule has 0 bridgehead atoms. The Balaban J connectivity index is 0.00000338. The van der Waals surface area contributed by atoms with Crippen molar-refractivity contribution in [2.24, 2.45) is 11.8 Å². The number of likely N-dealkylation sites (tertiary alicyclic amines) is 1. The number of benzene rings is 1. The summed E-state index contributed by atoms with van der Waals surface area (Å²) in [5.41, 5.74) is 1.05. The van der Waals surface area contributed by atoms with Crippen molar-refractivity contribution in [1.29, 1.82) is 5.26 Å². The number of nitrogens with zero attached hydrogens (tertiary/aromatic N) is 2. The summed E-state index contributed by atoms with van der Waals surface area (Å²) >= 11 is 0. The van der Waals surface area contributed by atoms with Gasteiger partial charge < -0.3 is 10.1 Å². The third-order valence-electron chi connectivity index (χ3n) is 5.16. The van der Waals surface area contributed by atoms with Crippen LogP contribution >= 0.6 is 12.4 Å². The van der Waals surface area contributed by atoms with Crippen molar-refractivity contribution in [1.82, 2.24) is 10.2 Å². The molecule has 2 atom stereocenters. The summed E-state index contributed by atoms with van der Waals surface area (Å²) in [6, 6.07) is 9.98. The first-order chi connectivity index (χ1) is 11.8. The number of halogens is 1. The number of nitriles is 1. The van der Waals surface area contributed by atoms with Gasteiger partial charge in [-0.2, -0.15) is 5.26 Å². The van der Waals surface area contributed by atoms with E-state index < -0.39 is 5.60 Å². The standard InChI is InChI=1S/C20H29N3O2.ClH/c1-14(2)17-12-23(11-16-8-6-15(10-21)7-9-16)13-18(17)22-19(24)20(3,4)25-5;/h6-9,14,17-18H,11-13H2,1-5H3,(H,22,24);1H/t17-,18+;/m1./s1. The van der Waals surface area contributed by atoms with Gasteiger partial charge >= 0.3 is 0 Å². The summed E-state index contributed by atoms with van der Waals surface area (Å²) in [6.07, 6.45) is 0. The Hall–Kier alpha value is -1.61. The molecule has 5 nitrogen and oxygen atoms in total. The summed E-state index contributed by atoms with van der Waals surface area (Å²) in [5.74, 6) is 0.836. The number of carbonyl (C=O) groups excluding carboxylic acids is 1. The Morgan fingerprint density at radius 3 is 2.46 bits per heavy atom. The minimum Gasteiger partial charge on any atom is -0.369 e. The largest absolute Gasteiger partial charge is 0.369 e. The van der Waals surface area contributed by atoms with E-state index in [1.165, 1.54) is 5.56 Å². The van der Waals surface area contributed by atoms with Gasteiger partial charge in [-0.1, -0.05) is 26.0 Å². The molecule has 0 saturated carbocycles. The van der Waals surface area contributed by atoms with Gasteiger partial charge in [0.25, 0.3) is 5.91 Å². The average molecular weight is 380 g/mol. The monoisotopic (exact) mass is 379 g/mol. The van der Waals surface area contributed by atoms with Gasteiger partial charge in [0, 0.05) is 32.8 Å². The summed E-state index contributed by atoms with van der Waals surface area (Å²) in [6.45, 7) is 10.6. The molecule has 1 fully saturated rings. The fourth-order valence-corrected chi connectivity index (χ4v) is 3.25. The molecule has 144 valence electrons. The highest BCUT2D eigenvalue weighted by atomic mass is 35.5. The van der Waals surface area contributed by atoms with Crippen LogP contribution in [0, 0.1) is 23.2 Å². The first kappa shape index (κ1) is 22.4. The van der Waals surface area contributed by atoms with E-state index in [0.717, 1.165) is 19.6 Å². The van der Waals surface area contributed by atoms with E-state index >= 15 is 0 Å². The molecule has 0 aromatic heterocycles. The Morgan fingerprint density at radius 1 is 1.35 bits per heavy atom. The van der Waals surface area contributed by atoms with E-state index in [2.05, 4.69) is 30.1 Å². The lowest BCUT2D eigenvalue weighted by Crippen LogP contribution is -2.51. The SMILES string of the molecule is COC(C)(C)C(=O)N[C@H]1CN(Cc2ccc(C#N)cc2)C[C@@H]1C(C)C.Cl.